The summed E-state index contributed by atoms with van der Waals surface area (Å²) in [6.45, 7) is 5.72. The summed E-state index contributed by atoms with van der Waals surface area (Å²) in [5.41, 5.74) is 17.3. The van der Waals surface area contributed by atoms with E-state index in [-0.39, 0.29) is 30.3 Å². The first-order valence-electron chi connectivity index (χ1n) is 16.2. The van der Waals surface area contributed by atoms with Crippen molar-refractivity contribution in [1.29, 1.82) is 0 Å². The molecule has 2 aliphatic heterocycles. The number of halogens is 1. The second-order valence-corrected chi connectivity index (χ2v) is 12.7. The molecule has 8 nitrogen and oxygen atoms in total. The fourth-order valence-electron chi connectivity index (χ4n) is 6.88. The molecule has 5 aromatic rings. The third kappa shape index (κ3) is 7.10. The van der Waals surface area contributed by atoms with Crippen LogP contribution in [0.4, 0.5) is 5.69 Å². The zero-order valence-corrected chi connectivity index (χ0v) is 27.4. The number of aromatic amines is 1. The van der Waals surface area contributed by atoms with Crippen LogP contribution in [0.1, 0.15) is 53.9 Å². The Kier molecular flexibility index (Phi) is 9.73. The van der Waals surface area contributed by atoms with Gasteiger partial charge in [-0.05, 0) is 108 Å². The van der Waals surface area contributed by atoms with Crippen molar-refractivity contribution in [3.63, 3.8) is 0 Å². The number of carbonyl (C=O) groups excluding carboxylic acids is 2. The predicted molar refractivity (Wildman–Crippen MR) is 190 cm³/mol. The molecule has 2 aromatic heterocycles. The van der Waals surface area contributed by atoms with Crippen molar-refractivity contribution in [3.05, 3.63) is 107 Å². The van der Waals surface area contributed by atoms with E-state index in [1.54, 1.807) is 0 Å². The average molecular weight is 649 g/mol. The number of amides is 2. The van der Waals surface area contributed by atoms with E-state index in [2.05, 4.69) is 111 Å². The first-order valence-corrected chi connectivity index (χ1v) is 16.2. The van der Waals surface area contributed by atoms with Gasteiger partial charge in [0.2, 0.25) is 11.8 Å². The first kappa shape index (κ1) is 32.4. The number of rotatable bonds is 8. The number of nitrogens with zero attached hydrogens (tertiary/aromatic N) is 2. The lowest BCUT2D eigenvalue weighted by Crippen LogP contribution is -2.47. The van der Waals surface area contributed by atoms with Gasteiger partial charge in [0, 0.05) is 42.5 Å². The van der Waals surface area contributed by atoms with Gasteiger partial charge in [0.25, 0.3) is 0 Å². The molecule has 7 rings (SSSR count). The van der Waals surface area contributed by atoms with Crippen LogP contribution in [-0.2, 0) is 22.7 Å². The molecule has 2 fully saturated rings. The van der Waals surface area contributed by atoms with Gasteiger partial charge in [-0.3, -0.25) is 19.8 Å². The Hall–Kier alpha value is -4.50. The smallest absolute Gasteiger partial charge is 0.249 e. The average Bonchev–Trinajstić information content (AvgIpc) is 3.52. The Morgan fingerprint density at radius 1 is 0.915 bits per heavy atom. The molecule has 2 amide bonds. The molecule has 1 unspecified atom stereocenters. The second-order valence-electron chi connectivity index (χ2n) is 12.7. The highest BCUT2D eigenvalue weighted by molar-refractivity contribution is 6.01. The van der Waals surface area contributed by atoms with Gasteiger partial charge in [0.15, 0.2) is 0 Å². The lowest BCUT2D eigenvalue weighted by molar-refractivity contribution is -0.133. The quantitative estimate of drug-likeness (QED) is 0.140. The highest BCUT2D eigenvalue weighted by Gasteiger charge is 2.26. The van der Waals surface area contributed by atoms with Gasteiger partial charge in [-0.25, -0.2) is 4.98 Å². The van der Waals surface area contributed by atoms with Crippen molar-refractivity contribution < 1.29 is 9.59 Å². The summed E-state index contributed by atoms with van der Waals surface area (Å²) >= 11 is 0. The van der Waals surface area contributed by atoms with E-state index >= 15 is 0 Å². The van der Waals surface area contributed by atoms with E-state index in [9.17, 15) is 9.59 Å². The van der Waals surface area contributed by atoms with Gasteiger partial charge in [-0.1, -0.05) is 54.6 Å². The Morgan fingerprint density at radius 2 is 1.66 bits per heavy atom. The molecule has 0 radical (unpaired) electrons. The van der Waals surface area contributed by atoms with Crippen molar-refractivity contribution in [3.8, 4) is 22.4 Å². The summed E-state index contributed by atoms with van der Waals surface area (Å²) in [7, 11) is 0. The molecule has 242 valence electrons. The fraction of sp³-hybridized carbons (Fsp3) is 0.289. The number of fused-ring (bicyclic) bond motifs is 1. The first-order chi connectivity index (χ1) is 22.4. The molecular formula is C38H41ClN6O2. The number of aryl methyl sites for hydroxylation is 1. The van der Waals surface area contributed by atoms with Crippen molar-refractivity contribution in [2.24, 2.45) is 5.73 Å². The molecule has 2 saturated heterocycles. The number of nitrogens with one attached hydrogen (secondary N) is 3. The Bertz CT molecular complexity index is 1880. The number of pyridine rings is 1. The van der Waals surface area contributed by atoms with E-state index in [1.165, 1.54) is 33.4 Å². The molecule has 5 N–H and O–H groups in total. The van der Waals surface area contributed by atoms with E-state index in [0.29, 0.717) is 25.3 Å². The lowest BCUT2D eigenvalue weighted by Gasteiger charge is -2.32. The van der Waals surface area contributed by atoms with Crippen LogP contribution in [0.2, 0.25) is 0 Å². The van der Waals surface area contributed by atoms with E-state index in [0.717, 1.165) is 60.5 Å². The summed E-state index contributed by atoms with van der Waals surface area (Å²) in [6, 6.07) is 27.8. The van der Waals surface area contributed by atoms with Crippen LogP contribution < -0.4 is 16.4 Å². The molecule has 47 heavy (non-hydrogen) atoms. The van der Waals surface area contributed by atoms with Crippen LogP contribution in [-0.4, -0.2) is 45.8 Å². The van der Waals surface area contributed by atoms with Crippen LogP contribution in [0.5, 0.6) is 0 Å². The number of H-pyrrole nitrogens is 1. The Labute approximate surface area is 281 Å². The summed E-state index contributed by atoms with van der Waals surface area (Å²) in [5, 5.41) is 6.79. The number of hydrogen-bond donors (Lipinski definition) is 4. The molecule has 0 saturated carbocycles. The number of likely N-dealkylation sites (tertiary alicyclic amines) is 1. The minimum absolute atomic E-state index is 0. The number of aromatic nitrogens is 2. The van der Waals surface area contributed by atoms with Gasteiger partial charge in [0.1, 0.15) is 11.7 Å². The molecule has 1 atom stereocenters. The maximum atomic E-state index is 12.1. The molecular weight excluding hydrogens is 608 g/mol. The number of piperidine rings is 2. The third-order valence-corrected chi connectivity index (χ3v) is 9.63. The Balaban J connectivity index is 0.00000386. The molecule has 0 spiro atoms. The fourth-order valence-corrected chi connectivity index (χ4v) is 6.88. The highest BCUT2D eigenvalue weighted by Crippen LogP contribution is 2.33. The van der Waals surface area contributed by atoms with Gasteiger partial charge in [0.05, 0.1) is 0 Å². The topological polar surface area (TPSA) is 116 Å². The second kappa shape index (κ2) is 14.1. The normalized spacial score (nSPS) is 17.4. The molecule has 0 aliphatic carbocycles. The summed E-state index contributed by atoms with van der Waals surface area (Å²) < 4.78 is 0. The molecule has 9 heteroatoms. The zero-order chi connectivity index (χ0) is 31.6. The number of anilines is 1. The van der Waals surface area contributed by atoms with E-state index < -0.39 is 0 Å². The molecule has 4 heterocycles. The summed E-state index contributed by atoms with van der Waals surface area (Å²) in [6.07, 6.45) is 5.01. The van der Waals surface area contributed by atoms with Gasteiger partial charge in [-0.15, -0.1) is 12.4 Å². The SMILES string of the molecule is Cc1cc(-c2ccnc3[nH]c(-c4ccc(CN5CCC(c6ccc(NC7CCC(=O)NC7=O)cc6)CC5)cc4)cc23)ccc1CN.Cl. The van der Waals surface area contributed by atoms with E-state index in [1.807, 2.05) is 6.20 Å². The van der Waals surface area contributed by atoms with Crippen molar-refractivity contribution in [1.82, 2.24) is 20.2 Å². The zero-order valence-electron chi connectivity index (χ0n) is 26.6. The Morgan fingerprint density at radius 3 is 2.36 bits per heavy atom. The monoisotopic (exact) mass is 648 g/mol. The van der Waals surface area contributed by atoms with Crippen molar-refractivity contribution in [2.75, 3.05) is 18.4 Å². The van der Waals surface area contributed by atoms with Crippen LogP contribution >= 0.6 is 12.4 Å². The molecule has 2 aliphatic rings. The van der Waals surface area contributed by atoms with Gasteiger partial charge < -0.3 is 16.0 Å². The van der Waals surface area contributed by atoms with Crippen LogP contribution in [0, 0.1) is 6.92 Å². The number of carbonyl (C=O) groups is 2. The van der Waals surface area contributed by atoms with Gasteiger partial charge in [-0.2, -0.15) is 0 Å². The number of nitrogens with two attached hydrogens (primary N) is 1. The molecule has 0 bridgehead atoms. The largest absolute Gasteiger partial charge is 0.374 e. The predicted octanol–water partition coefficient (Wildman–Crippen LogP) is 6.68. The van der Waals surface area contributed by atoms with E-state index in [4.69, 9.17) is 5.73 Å². The third-order valence-electron chi connectivity index (χ3n) is 9.63. The number of hydrogen-bond acceptors (Lipinski definition) is 6. The lowest BCUT2D eigenvalue weighted by atomic mass is 9.89. The maximum Gasteiger partial charge on any atom is 0.249 e. The number of imide groups is 1. The summed E-state index contributed by atoms with van der Waals surface area (Å²) in [5.74, 6) is 0.0961. The van der Waals surface area contributed by atoms with Crippen molar-refractivity contribution >= 4 is 40.9 Å². The van der Waals surface area contributed by atoms with Crippen molar-refractivity contribution in [2.45, 2.75) is 57.7 Å². The molecule has 3 aromatic carbocycles. The minimum Gasteiger partial charge on any atom is -0.374 e. The minimum atomic E-state index is -0.358. The van der Waals surface area contributed by atoms with Gasteiger partial charge >= 0.3 is 0 Å². The highest BCUT2D eigenvalue weighted by atomic mass is 35.5. The summed E-state index contributed by atoms with van der Waals surface area (Å²) in [4.78, 5) is 34.2. The van der Waals surface area contributed by atoms with Crippen LogP contribution in [0.3, 0.4) is 0 Å². The maximum absolute atomic E-state index is 12.1. The standard InChI is InChI=1S/C38H40N6O2.ClH/c1-24-20-29(6-7-30(24)22-39)32-14-17-40-37-33(32)21-35(42-37)28-4-2-25(3-5-28)23-44-18-15-27(16-19-44)26-8-10-31(11-9-26)41-34-12-13-36(45)43-38(34)46;/h2-11,14,17,20-21,27,34,41H,12-13,15-16,18-19,22-23,39H2,1H3,(H,40,42)(H,43,45,46);1H. The van der Waals surface area contributed by atoms with Crippen LogP contribution in [0.15, 0.2) is 85.1 Å². The number of benzene rings is 3. The van der Waals surface area contributed by atoms with Crippen LogP contribution in [0.25, 0.3) is 33.4 Å².